The minimum atomic E-state index is -0.750. The summed E-state index contributed by atoms with van der Waals surface area (Å²) in [6, 6.07) is 3.90. The van der Waals surface area contributed by atoms with Gasteiger partial charge in [-0.1, -0.05) is 6.07 Å². The smallest absolute Gasteiger partial charge is 0.323 e. The van der Waals surface area contributed by atoms with Crippen molar-refractivity contribution in [2.45, 2.75) is 19.4 Å². The summed E-state index contributed by atoms with van der Waals surface area (Å²) in [5.74, 6) is -0.834. The Kier molecular flexibility index (Phi) is 4.89. The van der Waals surface area contributed by atoms with E-state index >= 15 is 0 Å². The van der Waals surface area contributed by atoms with Gasteiger partial charge in [0.15, 0.2) is 0 Å². The van der Waals surface area contributed by atoms with E-state index in [0.29, 0.717) is 16.6 Å². The molecule has 1 aromatic carbocycles. The summed E-state index contributed by atoms with van der Waals surface area (Å²) in [7, 11) is 0. The van der Waals surface area contributed by atoms with Gasteiger partial charge in [-0.15, -0.1) is 0 Å². The molecule has 0 amide bonds. The Morgan fingerprint density at radius 3 is 2.88 bits per heavy atom. The molecule has 3 nitrogen and oxygen atoms in total. The molecule has 0 aromatic heterocycles. The van der Waals surface area contributed by atoms with Gasteiger partial charge in [-0.05, 0) is 47.0 Å². The molecular formula is C11H13BrFNO2. The van der Waals surface area contributed by atoms with E-state index in [0.717, 1.165) is 0 Å². The van der Waals surface area contributed by atoms with Crippen LogP contribution in [0, 0.1) is 5.82 Å². The number of carbonyl (C=O) groups excluding carboxylic acids is 1. The Morgan fingerprint density at radius 2 is 2.31 bits per heavy atom. The third-order valence-electron chi connectivity index (χ3n) is 2.03. The van der Waals surface area contributed by atoms with Gasteiger partial charge in [0.2, 0.25) is 0 Å². The van der Waals surface area contributed by atoms with E-state index < -0.39 is 12.0 Å². The third kappa shape index (κ3) is 3.57. The molecule has 0 aliphatic rings. The highest BCUT2D eigenvalue weighted by Crippen LogP contribution is 2.17. The summed E-state index contributed by atoms with van der Waals surface area (Å²) in [4.78, 5) is 11.2. The van der Waals surface area contributed by atoms with Crippen LogP contribution in [0.3, 0.4) is 0 Å². The van der Waals surface area contributed by atoms with Gasteiger partial charge in [0, 0.05) is 0 Å². The van der Waals surface area contributed by atoms with Crippen LogP contribution in [0.2, 0.25) is 0 Å². The molecule has 88 valence electrons. The topological polar surface area (TPSA) is 52.3 Å². The highest BCUT2D eigenvalue weighted by Gasteiger charge is 2.15. The van der Waals surface area contributed by atoms with Crippen LogP contribution in [0.25, 0.3) is 0 Å². The van der Waals surface area contributed by atoms with E-state index in [1.54, 1.807) is 19.1 Å². The summed E-state index contributed by atoms with van der Waals surface area (Å²) in [6.45, 7) is 2.01. The summed E-state index contributed by atoms with van der Waals surface area (Å²) in [5.41, 5.74) is 6.28. The first-order chi connectivity index (χ1) is 7.54. The van der Waals surface area contributed by atoms with Crippen LogP contribution in [0.5, 0.6) is 0 Å². The molecule has 0 spiro atoms. The van der Waals surface area contributed by atoms with Gasteiger partial charge in [-0.2, -0.15) is 0 Å². The first kappa shape index (κ1) is 13.1. The molecule has 0 radical (unpaired) electrons. The monoisotopic (exact) mass is 289 g/mol. The predicted molar refractivity (Wildman–Crippen MR) is 62.4 cm³/mol. The Bertz CT molecular complexity index is 384. The Hall–Kier alpha value is -0.940. The molecule has 0 aliphatic heterocycles. The summed E-state index contributed by atoms with van der Waals surface area (Å²) < 4.78 is 18.3. The molecule has 1 atom stereocenters. The lowest BCUT2D eigenvalue weighted by Gasteiger charge is -2.10. The number of rotatable bonds is 4. The van der Waals surface area contributed by atoms with Crippen molar-refractivity contribution in [3.05, 3.63) is 34.1 Å². The Morgan fingerprint density at radius 1 is 1.62 bits per heavy atom. The highest BCUT2D eigenvalue weighted by atomic mass is 79.9. The zero-order valence-electron chi connectivity index (χ0n) is 8.87. The maximum absolute atomic E-state index is 13.2. The van der Waals surface area contributed by atoms with E-state index in [9.17, 15) is 9.18 Å². The highest BCUT2D eigenvalue weighted by molar-refractivity contribution is 9.10. The lowest BCUT2D eigenvalue weighted by Crippen LogP contribution is -2.34. The molecule has 0 saturated carbocycles. The number of hydrogen-bond donors (Lipinski definition) is 1. The van der Waals surface area contributed by atoms with Crippen LogP contribution >= 0.6 is 15.9 Å². The maximum atomic E-state index is 13.2. The van der Waals surface area contributed by atoms with Crippen LogP contribution in [-0.4, -0.2) is 18.6 Å². The van der Waals surface area contributed by atoms with Crippen molar-refractivity contribution in [1.82, 2.24) is 0 Å². The minimum Gasteiger partial charge on any atom is -0.465 e. The number of halogens is 2. The van der Waals surface area contributed by atoms with Crippen LogP contribution in [-0.2, 0) is 16.0 Å². The van der Waals surface area contributed by atoms with Crippen LogP contribution in [0.4, 0.5) is 4.39 Å². The fourth-order valence-electron chi connectivity index (χ4n) is 1.25. The SMILES string of the molecule is CCOC(=O)C(N)Cc1ccc(Br)c(F)c1. The Labute approximate surface area is 102 Å². The second-order valence-corrected chi connectivity index (χ2v) is 4.17. The van der Waals surface area contributed by atoms with E-state index in [1.165, 1.54) is 6.07 Å². The summed E-state index contributed by atoms with van der Waals surface area (Å²) >= 11 is 3.05. The number of ether oxygens (including phenoxy) is 1. The fourth-order valence-corrected chi connectivity index (χ4v) is 1.50. The van der Waals surface area contributed by atoms with Gasteiger partial charge in [-0.25, -0.2) is 4.39 Å². The normalized spacial score (nSPS) is 12.2. The van der Waals surface area contributed by atoms with Crippen molar-refractivity contribution in [2.75, 3.05) is 6.61 Å². The van der Waals surface area contributed by atoms with Crippen LogP contribution in [0.15, 0.2) is 22.7 Å². The van der Waals surface area contributed by atoms with Crippen molar-refractivity contribution in [3.63, 3.8) is 0 Å². The molecular weight excluding hydrogens is 277 g/mol. The number of benzene rings is 1. The number of esters is 1. The van der Waals surface area contributed by atoms with Crippen molar-refractivity contribution < 1.29 is 13.9 Å². The molecule has 2 N–H and O–H groups in total. The molecule has 0 fully saturated rings. The molecule has 16 heavy (non-hydrogen) atoms. The largest absolute Gasteiger partial charge is 0.465 e. The summed E-state index contributed by atoms with van der Waals surface area (Å²) in [5, 5.41) is 0. The van der Waals surface area contributed by atoms with Crippen molar-refractivity contribution in [2.24, 2.45) is 5.73 Å². The van der Waals surface area contributed by atoms with E-state index in [-0.39, 0.29) is 12.2 Å². The predicted octanol–water partition coefficient (Wildman–Crippen LogP) is 2.02. The first-order valence-electron chi connectivity index (χ1n) is 4.90. The van der Waals surface area contributed by atoms with Crippen molar-refractivity contribution in [1.29, 1.82) is 0 Å². The zero-order valence-corrected chi connectivity index (χ0v) is 10.5. The molecule has 1 rings (SSSR count). The van der Waals surface area contributed by atoms with E-state index in [1.807, 2.05) is 0 Å². The van der Waals surface area contributed by atoms with Gasteiger partial charge >= 0.3 is 5.97 Å². The quantitative estimate of drug-likeness (QED) is 0.863. The van der Waals surface area contributed by atoms with Gasteiger partial charge in [0.05, 0.1) is 11.1 Å². The summed E-state index contributed by atoms with van der Waals surface area (Å²) in [6.07, 6.45) is 0.267. The molecule has 5 heteroatoms. The zero-order chi connectivity index (χ0) is 12.1. The van der Waals surface area contributed by atoms with Gasteiger partial charge < -0.3 is 10.5 Å². The minimum absolute atomic E-state index is 0.267. The van der Waals surface area contributed by atoms with E-state index in [4.69, 9.17) is 10.5 Å². The second kappa shape index (κ2) is 5.96. The van der Waals surface area contributed by atoms with Crippen molar-refractivity contribution >= 4 is 21.9 Å². The molecule has 0 bridgehead atoms. The average molecular weight is 290 g/mol. The van der Waals surface area contributed by atoms with Gasteiger partial charge in [0.25, 0.3) is 0 Å². The molecule has 0 aliphatic carbocycles. The standard InChI is InChI=1S/C11H13BrFNO2/c1-2-16-11(15)10(14)6-7-3-4-8(12)9(13)5-7/h3-5,10H,2,6,14H2,1H3. The van der Waals surface area contributed by atoms with Gasteiger partial charge in [-0.3, -0.25) is 4.79 Å². The number of hydrogen-bond acceptors (Lipinski definition) is 3. The van der Waals surface area contributed by atoms with Crippen LogP contribution in [0.1, 0.15) is 12.5 Å². The Balaban J connectivity index is 2.66. The van der Waals surface area contributed by atoms with Crippen molar-refractivity contribution in [3.8, 4) is 0 Å². The van der Waals surface area contributed by atoms with Gasteiger partial charge in [0.1, 0.15) is 11.9 Å². The molecule has 0 heterocycles. The molecule has 1 unspecified atom stereocenters. The number of nitrogens with two attached hydrogens (primary N) is 1. The van der Waals surface area contributed by atoms with E-state index in [2.05, 4.69) is 15.9 Å². The average Bonchev–Trinajstić information content (AvgIpc) is 2.24. The van der Waals surface area contributed by atoms with Crippen LogP contribution < -0.4 is 5.73 Å². The fraction of sp³-hybridized carbons (Fsp3) is 0.364. The lowest BCUT2D eigenvalue weighted by atomic mass is 10.1. The first-order valence-corrected chi connectivity index (χ1v) is 5.70. The maximum Gasteiger partial charge on any atom is 0.323 e. The number of carbonyl (C=O) groups is 1. The second-order valence-electron chi connectivity index (χ2n) is 3.31. The lowest BCUT2D eigenvalue weighted by molar-refractivity contribution is -0.144. The molecule has 0 saturated heterocycles. The third-order valence-corrected chi connectivity index (χ3v) is 2.67. The molecule has 1 aromatic rings.